The first kappa shape index (κ1) is 9.53. The lowest BCUT2D eigenvalue weighted by Crippen LogP contribution is -1.76. The molecule has 1 aromatic carbocycles. The molecule has 0 saturated carbocycles. The van der Waals surface area contributed by atoms with Crippen LogP contribution in [0.4, 0.5) is 0 Å². The highest BCUT2D eigenvalue weighted by Gasteiger charge is 2.10. The summed E-state index contributed by atoms with van der Waals surface area (Å²) in [5.41, 5.74) is 3.05. The van der Waals surface area contributed by atoms with Crippen molar-refractivity contribution in [3.05, 3.63) is 40.6 Å². The first-order valence-corrected chi connectivity index (χ1v) is 5.23. The molecule has 72 valence electrons. The lowest BCUT2D eigenvalue weighted by Gasteiger charge is -1.93. The highest BCUT2D eigenvalue weighted by molar-refractivity contribution is 9.10. The van der Waals surface area contributed by atoms with Gasteiger partial charge >= 0.3 is 0 Å². The van der Waals surface area contributed by atoms with Crippen molar-refractivity contribution >= 4 is 32.5 Å². The SMILES string of the molecule is C=C(C)c1oc2ccc(Br)cc2c1C. The molecule has 14 heavy (non-hydrogen) atoms. The van der Waals surface area contributed by atoms with Crippen LogP contribution in [0.1, 0.15) is 18.2 Å². The molecule has 0 aliphatic carbocycles. The number of aryl methyl sites for hydroxylation is 1. The molecule has 0 aliphatic heterocycles. The Morgan fingerprint density at radius 3 is 2.79 bits per heavy atom. The van der Waals surface area contributed by atoms with Crippen molar-refractivity contribution < 1.29 is 4.42 Å². The van der Waals surface area contributed by atoms with Gasteiger partial charge in [0.2, 0.25) is 0 Å². The molecule has 0 bridgehead atoms. The Morgan fingerprint density at radius 2 is 2.14 bits per heavy atom. The van der Waals surface area contributed by atoms with Gasteiger partial charge in [-0.3, -0.25) is 0 Å². The maximum Gasteiger partial charge on any atom is 0.135 e. The van der Waals surface area contributed by atoms with E-state index in [0.717, 1.165) is 32.3 Å². The quantitative estimate of drug-likeness (QED) is 0.725. The molecule has 2 aromatic rings. The maximum atomic E-state index is 5.69. The van der Waals surface area contributed by atoms with Crippen LogP contribution in [0.25, 0.3) is 16.5 Å². The third-order valence-corrected chi connectivity index (χ3v) is 2.78. The fraction of sp³-hybridized carbons (Fsp3) is 0.167. The monoisotopic (exact) mass is 250 g/mol. The van der Waals surface area contributed by atoms with Crippen molar-refractivity contribution in [3.63, 3.8) is 0 Å². The van der Waals surface area contributed by atoms with Crippen LogP contribution in [0.15, 0.2) is 33.7 Å². The first-order valence-electron chi connectivity index (χ1n) is 4.44. The van der Waals surface area contributed by atoms with Crippen molar-refractivity contribution in [1.29, 1.82) is 0 Å². The number of furan rings is 1. The molecule has 2 heteroatoms. The van der Waals surface area contributed by atoms with E-state index in [-0.39, 0.29) is 0 Å². The van der Waals surface area contributed by atoms with Gasteiger partial charge in [-0.1, -0.05) is 22.5 Å². The smallest absolute Gasteiger partial charge is 0.135 e. The van der Waals surface area contributed by atoms with Gasteiger partial charge < -0.3 is 4.42 Å². The van der Waals surface area contributed by atoms with E-state index in [1.165, 1.54) is 0 Å². The number of fused-ring (bicyclic) bond motifs is 1. The fourth-order valence-corrected chi connectivity index (χ4v) is 1.96. The summed E-state index contributed by atoms with van der Waals surface area (Å²) in [7, 11) is 0. The van der Waals surface area contributed by atoms with Crippen molar-refractivity contribution in [2.75, 3.05) is 0 Å². The Balaban J connectivity index is 2.80. The van der Waals surface area contributed by atoms with Gasteiger partial charge in [0.25, 0.3) is 0 Å². The Hall–Kier alpha value is -1.02. The number of benzene rings is 1. The van der Waals surface area contributed by atoms with Gasteiger partial charge in [0.15, 0.2) is 0 Å². The summed E-state index contributed by atoms with van der Waals surface area (Å²) in [5, 5.41) is 1.15. The van der Waals surface area contributed by atoms with Gasteiger partial charge in [-0.15, -0.1) is 0 Å². The molecule has 0 amide bonds. The van der Waals surface area contributed by atoms with Crippen molar-refractivity contribution in [2.45, 2.75) is 13.8 Å². The molecular formula is C12H11BrO. The molecule has 0 saturated heterocycles. The Morgan fingerprint density at radius 1 is 1.43 bits per heavy atom. The second-order valence-electron chi connectivity index (χ2n) is 3.48. The number of halogens is 1. The van der Waals surface area contributed by atoms with Gasteiger partial charge in [0.1, 0.15) is 11.3 Å². The zero-order valence-electron chi connectivity index (χ0n) is 8.23. The molecular weight excluding hydrogens is 240 g/mol. The van der Waals surface area contributed by atoms with E-state index in [0.29, 0.717) is 0 Å². The van der Waals surface area contributed by atoms with Crippen LogP contribution < -0.4 is 0 Å². The van der Waals surface area contributed by atoms with Crippen LogP contribution in [-0.4, -0.2) is 0 Å². The highest BCUT2D eigenvalue weighted by atomic mass is 79.9. The summed E-state index contributed by atoms with van der Waals surface area (Å²) in [6.45, 7) is 7.91. The standard InChI is InChI=1S/C12H11BrO/c1-7(2)12-8(3)10-6-9(13)4-5-11(10)14-12/h4-6H,1H2,2-3H3. The molecule has 1 aromatic heterocycles. The summed E-state index contributed by atoms with van der Waals surface area (Å²) in [4.78, 5) is 0. The molecule has 1 nitrogen and oxygen atoms in total. The molecule has 0 spiro atoms. The average molecular weight is 251 g/mol. The number of hydrogen-bond acceptors (Lipinski definition) is 1. The Bertz CT molecular complexity index is 508. The third kappa shape index (κ3) is 1.40. The number of rotatable bonds is 1. The van der Waals surface area contributed by atoms with E-state index < -0.39 is 0 Å². The maximum absolute atomic E-state index is 5.69. The molecule has 1 heterocycles. The predicted octanol–water partition coefficient (Wildman–Crippen LogP) is 4.54. The lowest BCUT2D eigenvalue weighted by molar-refractivity contribution is 0.596. The Labute approximate surface area is 91.5 Å². The van der Waals surface area contributed by atoms with E-state index in [4.69, 9.17) is 4.42 Å². The van der Waals surface area contributed by atoms with Gasteiger partial charge in [0.05, 0.1) is 0 Å². The zero-order valence-corrected chi connectivity index (χ0v) is 9.81. The van der Waals surface area contributed by atoms with E-state index in [1.807, 2.05) is 19.1 Å². The summed E-state index contributed by atoms with van der Waals surface area (Å²) in [5.74, 6) is 0.901. The number of allylic oxidation sites excluding steroid dienone is 1. The average Bonchev–Trinajstić information content (AvgIpc) is 2.44. The van der Waals surface area contributed by atoms with Gasteiger partial charge in [-0.05, 0) is 37.6 Å². The largest absolute Gasteiger partial charge is 0.456 e. The van der Waals surface area contributed by atoms with E-state index in [2.05, 4.69) is 35.5 Å². The van der Waals surface area contributed by atoms with Crippen LogP contribution in [0.3, 0.4) is 0 Å². The first-order chi connectivity index (χ1) is 6.59. The zero-order chi connectivity index (χ0) is 10.3. The number of hydrogen-bond donors (Lipinski definition) is 0. The Kier molecular flexibility index (Phi) is 2.23. The molecule has 0 fully saturated rings. The second-order valence-corrected chi connectivity index (χ2v) is 4.39. The van der Waals surface area contributed by atoms with Gasteiger partial charge in [-0.25, -0.2) is 0 Å². The molecule has 0 radical (unpaired) electrons. The molecule has 0 aliphatic rings. The molecule has 0 N–H and O–H groups in total. The van der Waals surface area contributed by atoms with Crippen molar-refractivity contribution in [3.8, 4) is 0 Å². The lowest BCUT2D eigenvalue weighted by atomic mass is 10.1. The van der Waals surface area contributed by atoms with Gasteiger partial charge in [0, 0.05) is 15.4 Å². The van der Waals surface area contributed by atoms with Crippen LogP contribution in [0.2, 0.25) is 0 Å². The normalized spacial score (nSPS) is 10.8. The highest BCUT2D eigenvalue weighted by Crippen LogP contribution is 2.30. The summed E-state index contributed by atoms with van der Waals surface area (Å²) >= 11 is 3.45. The predicted molar refractivity (Wildman–Crippen MR) is 63.4 cm³/mol. The van der Waals surface area contributed by atoms with E-state index >= 15 is 0 Å². The summed E-state index contributed by atoms with van der Waals surface area (Å²) in [6, 6.07) is 6.02. The van der Waals surface area contributed by atoms with Crippen molar-refractivity contribution in [2.24, 2.45) is 0 Å². The fourth-order valence-electron chi connectivity index (χ4n) is 1.60. The van der Waals surface area contributed by atoms with Crippen LogP contribution in [0, 0.1) is 6.92 Å². The third-order valence-electron chi connectivity index (χ3n) is 2.29. The van der Waals surface area contributed by atoms with Gasteiger partial charge in [-0.2, -0.15) is 0 Å². The van der Waals surface area contributed by atoms with Crippen LogP contribution in [0.5, 0.6) is 0 Å². The van der Waals surface area contributed by atoms with Crippen molar-refractivity contribution in [1.82, 2.24) is 0 Å². The second kappa shape index (κ2) is 3.28. The minimum Gasteiger partial charge on any atom is -0.456 e. The van der Waals surface area contributed by atoms with Crippen LogP contribution >= 0.6 is 15.9 Å². The summed E-state index contributed by atoms with van der Waals surface area (Å²) in [6.07, 6.45) is 0. The minimum absolute atomic E-state index is 0.901. The summed E-state index contributed by atoms with van der Waals surface area (Å²) < 4.78 is 6.77. The van der Waals surface area contributed by atoms with E-state index in [1.54, 1.807) is 0 Å². The minimum atomic E-state index is 0.901. The van der Waals surface area contributed by atoms with E-state index in [9.17, 15) is 0 Å². The molecule has 2 rings (SSSR count). The van der Waals surface area contributed by atoms with Crippen LogP contribution in [-0.2, 0) is 0 Å². The topological polar surface area (TPSA) is 13.1 Å². The molecule has 0 unspecified atom stereocenters. The molecule has 0 atom stereocenters.